The number of anilines is 1. The number of ether oxygens (including phenoxy) is 1. The Kier molecular flexibility index (Phi) is 5.95. The number of hydrogen-bond acceptors (Lipinski definition) is 5. The molecule has 1 N–H and O–H groups in total. The lowest BCUT2D eigenvalue weighted by Gasteiger charge is -2.19. The molecule has 1 aromatic carbocycles. The Bertz CT molecular complexity index is 1060. The molecule has 152 valence electrons. The van der Waals surface area contributed by atoms with Gasteiger partial charge in [0, 0.05) is 30.1 Å². The summed E-state index contributed by atoms with van der Waals surface area (Å²) in [4.78, 5) is 26.3. The molecule has 30 heavy (non-hydrogen) atoms. The van der Waals surface area contributed by atoms with Crippen molar-refractivity contribution in [1.29, 1.82) is 0 Å². The highest BCUT2D eigenvalue weighted by molar-refractivity contribution is 6.07. The lowest BCUT2D eigenvalue weighted by molar-refractivity contribution is 0.102. The number of carbonyl (C=O) groups is 1. The molecule has 2 aromatic heterocycles. The Morgan fingerprint density at radius 2 is 1.83 bits per heavy atom. The van der Waals surface area contributed by atoms with Crippen LogP contribution in [-0.2, 0) is 4.74 Å². The maximum absolute atomic E-state index is 13.1. The van der Waals surface area contributed by atoms with Crippen molar-refractivity contribution in [2.75, 3.05) is 18.5 Å². The maximum Gasteiger partial charge on any atom is 0.258 e. The highest BCUT2D eigenvalue weighted by atomic mass is 16.5. The second kappa shape index (κ2) is 8.97. The summed E-state index contributed by atoms with van der Waals surface area (Å²) in [6.45, 7) is 5.22. The van der Waals surface area contributed by atoms with Crippen LogP contribution in [0.3, 0.4) is 0 Å². The minimum absolute atomic E-state index is 0.206. The zero-order chi connectivity index (χ0) is 20.9. The van der Waals surface area contributed by atoms with Crippen molar-refractivity contribution in [3.63, 3.8) is 0 Å². The molecule has 0 saturated carbocycles. The Morgan fingerprint density at radius 3 is 2.50 bits per heavy atom. The summed E-state index contributed by atoms with van der Waals surface area (Å²) in [5, 5.41) is 3.08. The van der Waals surface area contributed by atoms with Gasteiger partial charge in [-0.05, 0) is 23.6 Å². The van der Waals surface area contributed by atoms with E-state index < -0.39 is 0 Å². The predicted octanol–water partition coefficient (Wildman–Crippen LogP) is 4.72. The number of pyridine rings is 1. The largest absolute Gasteiger partial charge is 0.377 e. The van der Waals surface area contributed by atoms with Gasteiger partial charge >= 0.3 is 0 Å². The summed E-state index contributed by atoms with van der Waals surface area (Å²) in [5.74, 6) is 0.660. The van der Waals surface area contributed by atoms with E-state index in [9.17, 15) is 4.79 Å². The van der Waals surface area contributed by atoms with E-state index in [0.717, 1.165) is 28.8 Å². The summed E-state index contributed by atoms with van der Waals surface area (Å²) in [6, 6.07) is 11.9. The fourth-order valence-electron chi connectivity index (χ4n) is 3.37. The van der Waals surface area contributed by atoms with E-state index in [1.807, 2.05) is 56.3 Å². The van der Waals surface area contributed by atoms with Crippen LogP contribution in [0, 0.1) is 0 Å². The Hall–Kier alpha value is -3.38. The summed E-state index contributed by atoms with van der Waals surface area (Å²) >= 11 is 0. The summed E-state index contributed by atoms with van der Waals surface area (Å²) < 4.78 is 5.45. The van der Waals surface area contributed by atoms with Gasteiger partial charge in [-0.25, -0.2) is 9.97 Å². The van der Waals surface area contributed by atoms with Crippen LogP contribution < -0.4 is 5.32 Å². The molecular formula is C24H24N4O2. The van der Waals surface area contributed by atoms with Gasteiger partial charge in [0.05, 0.1) is 30.2 Å². The van der Waals surface area contributed by atoms with E-state index in [1.165, 1.54) is 0 Å². The van der Waals surface area contributed by atoms with Crippen molar-refractivity contribution in [1.82, 2.24) is 15.0 Å². The smallest absolute Gasteiger partial charge is 0.258 e. The molecular weight excluding hydrogens is 376 g/mol. The second-order valence-corrected chi connectivity index (χ2v) is 7.44. The molecule has 6 nitrogen and oxygen atoms in total. The number of rotatable bonds is 5. The fraction of sp³-hybridized carbons (Fsp3) is 0.250. The lowest BCUT2D eigenvalue weighted by atomic mass is 9.98. The van der Waals surface area contributed by atoms with Crippen molar-refractivity contribution in [3.8, 4) is 11.1 Å². The van der Waals surface area contributed by atoms with Gasteiger partial charge in [-0.1, -0.05) is 50.3 Å². The number of nitrogens with zero attached hydrogens (tertiary/aromatic N) is 3. The van der Waals surface area contributed by atoms with Crippen LogP contribution in [0.2, 0.25) is 0 Å². The van der Waals surface area contributed by atoms with E-state index in [4.69, 9.17) is 4.74 Å². The molecule has 3 heterocycles. The van der Waals surface area contributed by atoms with E-state index in [0.29, 0.717) is 30.3 Å². The van der Waals surface area contributed by atoms with E-state index >= 15 is 0 Å². The zero-order valence-electron chi connectivity index (χ0n) is 17.1. The molecule has 0 bridgehead atoms. The van der Waals surface area contributed by atoms with Gasteiger partial charge in [0.1, 0.15) is 5.82 Å². The molecule has 0 unspecified atom stereocenters. The molecule has 6 heteroatoms. The Labute approximate surface area is 176 Å². The predicted molar refractivity (Wildman–Crippen MR) is 117 cm³/mol. The fourth-order valence-corrected chi connectivity index (χ4v) is 3.37. The Balaban J connectivity index is 1.74. The molecule has 0 saturated heterocycles. The molecule has 4 rings (SSSR count). The third kappa shape index (κ3) is 4.28. The zero-order valence-corrected chi connectivity index (χ0v) is 17.1. The first-order chi connectivity index (χ1) is 14.6. The maximum atomic E-state index is 13.1. The monoisotopic (exact) mass is 400 g/mol. The quantitative estimate of drug-likeness (QED) is 0.671. The highest BCUT2D eigenvalue weighted by Gasteiger charge is 2.19. The first-order valence-corrected chi connectivity index (χ1v) is 10.1. The van der Waals surface area contributed by atoms with Gasteiger partial charge in [-0.15, -0.1) is 0 Å². The third-order valence-corrected chi connectivity index (χ3v) is 4.99. The molecule has 1 aliphatic heterocycles. The van der Waals surface area contributed by atoms with E-state index in [2.05, 4.69) is 20.3 Å². The molecule has 0 aliphatic carbocycles. The van der Waals surface area contributed by atoms with Gasteiger partial charge in [0.25, 0.3) is 5.91 Å². The van der Waals surface area contributed by atoms with Gasteiger partial charge in [0.15, 0.2) is 0 Å². The van der Waals surface area contributed by atoms with E-state index in [1.54, 1.807) is 18.6 Å². The van der Waals surface area contributed by atoms with Crippen LogP contribution in [0.4, 0.5) is 5.69 Å². The average molecular weight is 400 g/mol. The van der Waals surface area contributed by atoms with Crippen molar-refractivity contribution >= 4 is 17.2 Å². The number of benzene rings is 1. The van der Waals surface area contributed by atoms with Crippen LogP contribution in [0.1, 0.15) is 48.1 Å². The molecule has 1 aliphatic rings. The normalized spacial score (nSPS) is 13.8. The molecule has 0 spiro atoms. The summed E-state index contributed by atoms with van der Waals surface area (Å²) in [7, 11) is 0. The van der Waals surface area contributed by atoms with Crippen molar-refractivity contribution in [2.24, 2.45) is 0 Å². The number of nitrogens with one attached hydrogen (secondary N) is 1. The average Bonchev–Trinajstić information content (AvgIpc) is 2.80. The Morgan fingerprint density at radius 1 is 1.07 bits per heavy atom. The summed E-state index contributed by atoms with van der Waals surface area (Å²) in [5.41, 5.74) is 4.87. The first kappa shape index (κ1) is 19.9. The molecule has 0 fully saturated rings. The van der Waals surface area contributed by atoms with Crippen LogP contribution in [0.15, 0.2) is 61.1 Å². The summed E-state index contributed by atoms with van der Waals surface area (Å²) in [6.07, 6.45) is 7.70. The SMILES string of the molecule is CC(C)c1ncc(C(=O)Nc2c(-c3ccccc3)ccnc2C2=CCOCC2)cn1. The van der Waals surface area contributed by atoms with Crippen molar-refractivity contribution < 1.29 is 9.53 Å². The van der Waals surface area contributed by atoms with E-state index in [-0.39, 0.29) is 11.8 Å². The minimum Gasteiger partial charge on any atom is -0.377 e. The molecule has 0 atom stereocenters. The third-order valence-electron chi connectivity index (χ3n) is 4.99. The van der Waals surface area contributed by atoms with Gasteiger partial charge in [-0.3, -0.25) is 9.78 Å². The van der Waals surface area contributed by atoms with Gasteiger partial charge in [-0.2, -0.15) is 0 Å². The highest BCUT2D eigenvalue weighted by Crippen LogP contribution is 2.35. The van der Waals surface area contributed by atoms with Crippen LogP contribution in [-0.4, -0.2) is 34.1 Å². The number of aromatic nitrogens is 3. The molecule has 0 radical (unpaired) electrons. The van der Waals surface area contributed by atoms with Crippen LogP contribution in [0.25, 0.3) is 16.7 Å². The number of carbonyl (C=O) groups excluding carboxylic acids is 1. The van der Waals surface area contributed by atoms with Gasteiger partial charge < -0.3 is 10.1 Å². The van der Waals surface area contributed by atoms with Crippen molar-refractivity contribution in [3.05, 3.63) is 78.1 Å². The second-order valence-electron chi connectivity index (χ2n) is 7.44. The standard InChI is InChI=1S/C24H24N4O2/c1-16(2)23-26-14-19(15-27-23)24(29)28-22-20(17-6-4-3-5-7-17)8-11-25-21(22)18-9-12-30-13-10-18/h3-9,11,14-16H,10,12-13H2,1-2H3,(H,28,29). The first-order valence-electron chi connectivity index (χ1n) is 10.1. The molecule has 1 amide bonds. The van der Waals surface area contributed by atoms with Crippen molar-refractivity contribution in [2.45, 2.75) is 26.2 Å². The molecule has 3 aromatic rings. The minimum atomic E-state index is -0.260. The number of hydrogen-bond donors (Lipinski definition) is 1. The lowest BCUT2D eigenvalue weighted by Crippen LogP contribution is -2.17. The van der Waals surface area contributed by atoms with Gasteiger partial charge in [0.2, 0.25) is 0 Å². The van der Waals surface area contributed by atoms with Crippen LogP contribution >= 0.6 is 0 Å². The number of amides is 1. The topological polar surface area (TPSA) is 77.0 Å². The van der Waals surface area contributed by atoms with Crippen LogP contribution in [0.5, 0.6) is 0 Å².